The maximum Gasteiger partial charge on any atom is 0.120 e. The maximum atomic E-state index is 10.1. The van der Waals surface area contributed by atoms with E-state index in [1.807, 2.05) is 6.07 Å². The monoisotopic (exact) mass is 354 g/mol. The normalized spacial score (nSPS) is 17.0. The highest BCUT2D eigenvalue weighted by Crippen LogP contribution is 2.35. The van der Waals surface area contributed by atoms with Gasteiger partial charge in [-0.25, -0.2) is 0 Å². The van der Waals surface area contributed by atoms with Crippen molar-refractivity contribution in [3.63, 3.8) is 0 Å². The Kier molecular flexibility index (Phi) is 9.66. The van der Waals surface area contributed by atoms with E-state index in [9.17, 15) is 5.11 Å². The molecule has 1 aromatic rings. The fourth-order valence-corrected chi connectivity index (χ4v) is 2.89. The van der Waals surface area contributed by atoms with Gasteiger partial charge < -0.3 is 10.4 Å². The molecule has 0 aliphatic carbocycles. The molecule has 1 saturated heterocycles. The van der Waals surface area contributed by atoms with Crippen molar-refractivity contribution < 1.29 is 5.11 Å². The number of nitrogens with zero attached hydrogens (tertiary/aromatic N) is 1. The summed E-state index contributed by atoms with van der Waals surface area (Å²) in [5.74, 6) is 0.937. The SMILES string of the molecule is CC(C)C[C@@H](c1cc(Cl)ccc1O)N1CCNCC1.Cl.Cl. The number of benzene rings is 1. The predicted octanol–water partition coefficient (Wildman–Crippen LogP) is 3.88. The maximum absolute atomic E-state index is 10.1. The van der Waals surface area contributed by atoms with Crippen LogP contribution in [0.3, 0.4) is 0 Å². The second-order valence-corrected chi connectivity index (χ2v) is 6.07. The van der Waals surface area contributed by atoms with Crippen LogP contribution in [0.1, 0.15) is 31.9 Å². The first-order valence-corrected chi connectivity index (χ1v) is 7.39. The van der Waals surface area contributed by atoms with Gasteiger partial charge in [-0.15, -0.1) is 24.8 Å². The first-order chi connectivity index (χ1) is 9.08. The summed E-state index contributed by atoms with van der Waals surface area (Å²) >= 11 is 6.09. The molecule has 122 valence electrons. The molecule has 1 heterocycles. The molecule has 2 rings (SSSR count). The molecule has 6 heteroatoms. The van der Waals surface area contributed by atoms with Crippen LogP contribution >= 0.6 is 36.4 Å². The summed E-state index contributed by atoms with van der Waals surface area (Å²) in [7, 11) is 0. The summed E-state index contributed by atoms with van der Waals surface area (Å²) in [6, 6.07) is 5.60. The minimum absolute atomic E-state index is 0. The van der Waals surface area contributed by atoms with E-state index in [2.05, 4.69) is 24.1 Å². The third kappa shape index (κ3) is 5.84. The molecule has 2 N–H and O–H groups in total. The van der Waals surface area contributed by atoms with Crippen molar-refractivity contribution in [1.29, 1.82) is 0 Å². The van der Waals surface area contributed by atoms with Gasteiger partial charge in [0.15, 0.2) is 0 Å². The highest BCUT2D eigenvalue weighted by Gasteiger charge is 2.25. The molecule has 0 amide bonds. The molecule has 3 nitrogen and oxygen atoms in total. The molecule has 1 aliphatic heterocycles. The number of piperazine rings is 1. The fraction of sp³-hybridized carbons (Fsp3) is 0.600. The lowest BCUT2D eigenvalue weighted by molar-refractivity contribution is 0.151. The molecule has 0 unspecified atom stereocenters. The number of phenols is 1. The lowest BCUT2D eigenvalue weighted by Crippen LogP contribution is -2.45. The second-order valence-electron chi connectivity index (χ2n) is 5.63. The van der Waals surface area contributed by atoms with Crippen molar-refractivity contribution in [2.45, 2.75) is 26.3 Å². The molecule has 0 spiro atoms. The summed E-state index contributed by atoms with van der Waals surface area (Å²) in [4.78, 5) is 2.45. The zero-order valence-corrected chi connectivity index (χ0v) is 14.9. The number of rotatable bonds is 4. The van der Waals surface area contributed by atoms with Gasteiger partial charge in [0, 0.05) is 42.8 Å². The molecule has 1 aliphatic rings. The number of aromatic hydroxyl groups is 1. The van der Waals surface area contributed by atoms with Gasteiger partial charge in [-0.1, -0.05) is 25.4 Å². The van der Waals surface area contributed by atoms with Crippen molar-refractivity contribution in [3.8, 4) is 5.75 Å². The third-order valence-electron chi connectivity index (χ3n) is 3.64. The first-order valence-electron chi connectivity index (χ1n) is 7.01. The topological polar surface area (TPSA) is 35.5 Å². The number of nitrogens with one attached hydrogen (secondary N) is 1. The van der Waals surface area contributed by atoms with Gasteiger partial charge >= 0.3 is 0 Å². The van der Waals surface area contributed by atoms with Crippen molar-refractivity contribution in [1.82, 2.24) is 10.2 Å². The first kappa shape index (κ1) is 20.8. The Morgan fingerprint density at radius 3 is 2.43 bits per heavy atom. The summed E-state index contributed by atoms with van der Waals surface area (Å²) in [5.41, 5.74) is 0.961. The van der Waals surface area contributed by atoms with Crippen LogP contribution in [0.2, 0.25) is 5.02 Å². The molecule has 0 saturated carbocycles. The van der Waals surface area contributed by atoms with E-state index >= 15 is 0 Å². The molecule has 1 atom stereocenters. The number of phenolic OH excluding ortho intramolecular Hbond substituents is 1. The predicted molar refractivity (Wildman–Crippen MR) is 94.3 cm³/mol. The van der Waals surface area contributed by atoms with E-state index in [-0.39, 0.29) is 30.9 Å². The van der Waals surface area contributed by atoms with Gasteiger partial charge in [0.1, 0.15) is 5.75 Å². The molecular formula is C15H25Cl3N2O. The van der Waals surface area contributed by atoms with E-state index in [1.54, 1.807) is 12.1 Å². The third-order valence-corrected chi connectivity index (χ3v) is 3.87. The van der Waals surface area contributed by atoms with Crippen molar-refractivity contribution in [2.24, 2.45) is 5.92 Å². The van der Waals surface area contributed by atoms with Crippen LogP contribution in [0.5, 0.6) is 5.75 Å². The molecule has 0 radical (unpaired) electrons. The Morgan fingerprint density at radius 1 is 1.24 bits per heavy atom. The quantitative estimate of drug-likeness (QED) is 0.860. The van der Waals surface area contributed by atoms with Crippen molar-refractivity contribution in [2.75, 3.05) is 26.2 Å². The largest absolute Gasteiger partial charge is 0.508 e. The Hall–Kier alpha value is -0.190. The number of hydrogen-bond donors (Lipinski definition) is 2. The zero-order chi connectivity index (χ0) is 13.8. The van der Waals surface area contributed by atoms with E-state index in [0.29, 0.717) is 16.7 Å². The lowest BCUT2D eigenvalue weighted by Gasteiger charge is -2.36. The number of halogens is 3. The second kappa shape index (κ2) is 9.75. The van der Waals surface area contributed by atoms with Crippen LogP contribution in [0.4, 0.5) is 0 Å². The van der Waals surface area contributed by atoms with Crippen LogP contribution in [-0.2, 0) is 0 Å². The molecule has 0 bridgehead atoms. The standard InChI is InChI=1S/C15H23ClN2O.2ClH/c1-11(2)9-14(18-7-5-17-6-8-18)13-10-12(16)3-4-15(13)19;;/h3-4,10-11,14,17,19H,5-9H2,1-2H3;2*1H/t14-;;/m0../s1. The van der Waals surface area contributed by atoms with E-state index in [1.165, 1.54) is 0 Å². The van der Waals surface area contributed by atoms with Crippen LogP contribution in [0.25, 0.3) is 0 Å². The smallest absolute Gasteiger partial charge is 0.120 e. The zero-order valence-electron chi connectivity index (χ0n) is 12.5. The van der Waals surface area contributed by atoms with E-state index < -0.39 is 0 Å². The fourth-order valence-electron chi connectivity index (χ4n) is 2.71. The Labute approximate surface area is 144 Å². The highest BCUT2D eigenvalue weighted by atomic mass is 35.5. The average molecular weight is 356 g/mol. The van der Waals surface area contributed by atoms with Gasteiger partial charge in [0.2, 0.25) is 0 Å². The van der Waals surface area contributed by atoms with Crippen LogP contribution < -0.4 is 5.32 Å². The van der Waals surface area contributed by atoms with Gasteiger partial charge in [0.25, 0.3) is 0 Å². The van der Waals surface area contributed by atoms with E-state index in [4.69, 9.17) is 11.6 Å². The lowest BCUT2D eigenvalue weighted by atomic mass is 9.94. The van der Waals surface area contributed by atoms with Crippen LogP contribution in [0, 0.1) is 5.92 Å². The Bertz CT molecular complexity index is 423. The minimum atomic E-state index is 0. The van der Waals surface area contributed by atoms with E-state index in [0.717, 1.165) is 38.2 Å². The molecule has 0 aromatic heterocycles. The summed E-state index contributed by atoms with van der Waals surface area (Å²) in [6.45, 7) is 8.49. The van der Waals surface area contributed by atoms with Gasteiger partial charge in [0.05, 0.1) is 0 Å². The molecule has 21 heavy (non-hydrogen) atoms. The van der Waals surface area contributed by atoms with Gasteiger partial charge in [-0.2, -0.15) is 0 Å². The van der Waals surface area contributed by atoms with Gasteiger partial charge in [-0.05, 0) is 30.5 Å². The summed E-state index contributed by atoms with van der Waals surface area (Å²) < 4.78 is 0. The average Bonchev–Trinajstić information content (AvgIpc) is 2.40. The molecule has 1 aromatic carbocycles. The molecular weight excluding hydrogens is 331 g/mol. The highest BCUT2D eigenvalue weighted by molar-refractivity contribution is 6.30. The van der Waals surface area contributed by atoms with Crippen LogP contribution in [-0.4, -0.2) is 36.2 Å². The number of hydrogen-bond acceptors (Lipinski definition) is 3. The Morgan fingerprint density at radius 2 is 1.86 bits per heavy atom. The van der Waals surface area contributed by atoms with Crippen LogP contribution in [0.15, 0.2) is 18.2 Å². The Balaban J connectivity index is 0.00000200. The van der Waals surface area contributed by atoms with Gasteiger partial charge in [-0.3, -0.25) is 4.90 Å². The van der Waals surface area contributed by atoms with Crippen molar-refractivity contribution >= 4 is 36.4 Å². The summed E-state index contributed by atoms with van der Waals surface area (Å²) in [6.07, 6.45) is 1.04. The minimum Gasteiger partial charge on any atom is -0.508 e. The van der Waals surface area contributed by atoms with Crippen molar-refractivity contribution in [3.05, 3.63) is 28.8 Å². The summed E-state index contributed by atoms with van der Waals surface area (Å²) in [5, 5.41) is 14.2. The molecule has 1 fully saturated rings.